The number of H-pyrrole nitrogens is 1. The van der Waals surface area contributed by atoms with E-state index in [1.165, 1.54) is 16.9 Å². The monoisotopic (exact) mass is 388 g/mol. The fourth-order valence-corrected chi connectivity index (χ4v) is 3.22. The van der Waals surface area contributed by atoms with E-state index in [9.17, 15) is 4.79 Å². The van der Waals surface area contributed by atoms with Crippen molar-refractivity contribution in [2.75, 3.05) is 0 Å². The summed E-state index contributed by atoms with van der Waals surface area (Å²) in [5.74, 6) is -0.331. The van der Waals surface area contributed by atoms with Crippen LogP contribution in [0.15, 0.2) is 51.4 Å². The second-order valence-electron chi connectivity index (χ2n) is 4.87. The van der Waals surface area contributed by atoms with Gasteiger partial charge in [0.15, 0.2) is 0 Å². The summed E-state index contributed by atoms with van der Waals surface area (Å²) >= 11 is 4.91. The molecule has 0 aliphatic heterocycles. The third-order valence-corrected chi connectivity index (χ3v) is 4.68. The van der Waals surface area contributed by atoms with Crippen LogP contribution in [0, 0.1) is 6.92 Å². The van der Waals surface area contributed by atoms with Crippen molar-refractivity contribution in [1.82, 2.24) is 15.6 Å². The van der Waals surface area contributed by atoms with Crippen molar-refractivity contribution in [3.8, 4) is 11.3 Å². The molecule has 0 fully saturated rings. The van der Waals surface area contributed by atoms with Crippen LogP contribution in [0.3, 0.4) is 0 Å². The van der Waals surface area contributed by atoms with Crippen molar-refractivity contribution in [3.05, 3.63) is 62.4 Å². The van der Waals surface area contributed by atoms with Crippen molar-refractivity contribution in [2.45, 2.75) is 6.92 Å². The Morgan fingerprint density at radius 1 is 1.30 bits per heavy atom. The Bertz CT molecular complexity index is 851. The quantitative estimate of drug-likeness (QED) is 0.524. The molecule has 0 atom stereocenters. The molecule has 2 N–H and O–H groups in total. The smallest absolute Gasteiger partial charge is 0.272 e. The van der Waals surface area contributed by atoms with Crippen molar-refractivity contribution in [3.63, 3.8) is 0 Å². The van der Waals surface area contributed by atoms with Crippen LogP contribution in [-0.2, 0) is 0 Å². The summed E-state index contributed by atoms with van der Waals surface area (Å²) in [5, 5.41) is 10.8. The van der Waals surface area contributed by atoms with E-state index in [0.29, 0.717) is 5.69 Å². The third kappa shape index (κ3) is 3.94. The van der Waals surface area contributed by atoms with E-state index in [0.717, 1.165) is 19.9 Å². The number of hydrogen-bond donors (Lipinski definition) is 2. The summed E-state index contributed by atoms with van der Waals surface area (Å²) in [4.78, 5) is 13.0. The van der Waals surface area contributed by atoms with Gasteiger partial charge in [0.25, 0.3) is 5.91 Å². The predicted octanol–water partition coefficient (Wildman–Crippen LogP) is 3.97. The number of thiophene rings is 1. The molecule has 2 heterocycles. The van der Waals surface area contributed by atoms with Crippen LogP contribution in [0.25, 0.3) is 11.3 Å². The topological polar surface area (TPSA) is 70.1 Å². The summed E-state index contributed by atoms with van der Waals surface area (Å²) < 4.78 is 1.02. The highest BCUT2D eigenvalue weighted by Gasteiger charge is 2.10. The summed E-state index contributed by atoms with van der Waals surface area (Å²) in [6, 6.07) is 13.5. The highest BCUT2D eigenvalue weighted by molar-refractivity contribution is 9.11. The van der Waals surface area contributed by atoms with Crippen molar-refractivity contribution in [1.29, 1.82) is 0 Å². The van der Waals surface area contributed by atoms with Gasteiger partial charge in [-0.1, -0.05) is 29.8 Å². The van der Waals surface area contributed by atoms with Crippen LogP contribution in [0.1, 0.15) is 20.9 Å². The summed E-state index contributed by atoms with van der Waals surface area (Å²) in [7, 11) is 0. The molecule has 0 spiro atoms. The highest BCUT2D eigenvalue weighted by Crippen LogP contribution is 2.20. The van der Waals surface area contributed by atoms with Crippen LogP contribution in [0.2, 0.25) is 0 Å². The molecular weight excluding hydrogens is 376 g/mol. The van der Waals surface area contributed by atoms with Gasteiger partial charge in [0.1, 0.15) is 5.69 Å². The van der Waals surface area contributed by atoms with Crippen LogP contribution in [0.4, 0.5) is 0 Å². The second kappa shape index (κ2) is 6.89. The van der Waals surface area contributed by atoms with E-state index in [-0.39, 0.29) is 5.91 Å². The lowest BCUT2D eigenvalue weighted by atomic mass is 10.1. The first-order chi connectivity index (χ1) is 11.1. The molecule has 1 aromatic carbocycles. The number of benzene rings is 1. The molecule has 0 saturated carbocycles. The number of aromatic amines is 1. The Hall–Kier alpha value is -2.25. The zero-order valence-electron chi connectivity index (χ0n) is 12.2. The molecule has 0 unspecified atom stereocenters. The Balaban J connectivity index is 1.66. The normalized spacial score (nSPS) is 11.0. The Morgan fingerprint density at radius 3 is 2.78 bits per heavy atom. The average Bonchev–Trinajstić information content (AvgIpc) is 3.17. The predicted molar refractivity (Wildman–Crippen MR) is 95.8 cm³/mol. The fourth-order valence-electron chi connectivity index (χ4n) is 1.92. The lowest BCUT2D eigenvalue weighted by Gasteiger charge is -1.96. The van der Waals surface area contributed by atoms with E-state index in [1.807, 2.05) is 43.3 Å². The van der Waals surface area contributed by atoms with Gasteiger partial charge in [-0.25, -0.2) is 5.43 Å². The SMILES string of the molecule is Cc1ccc(-c2cc(C(=O)NN=Cc3ccc(Br)s3)[nH]n2)cc1. The number of aromatic nitrogens is 2. The molecule has 7 heteroatoms. The van der Waals surface area contributed by atoms with Crippen LogP contribution >= 0.6 is 27.3 Å². The van der Waals surface area contributed by atoms with Gasteiger partial charge in [0, 0.05) is 10.4 Å². The number of carbonyl (C=O) groups is 1. The van der Waals surface area contributed by atoms with Gasteiger partial charge in [-0.15, -0.1) is 11.3 Å². The second-order valence-corrected chi connectivity index (χ2v) is 7.37. The van der Waals surface area contributed by atoms with Gasteiger partial charge in [0.2, 0.25) is 0 Å². The molecule has 0 aliphatic rings. The number of rotatable bonds is 4. The van der Waals surface area contributed by atoms with E-state index in [1.54, 1.807) is 12.3 Å². The number of halogens is 1. The van der Waals surface area contributed by atoms with Crippen molar-refractivity contribution in [2.24, 2.45) is 5.10 Å². The number of amides is 1. The molecule has 0 aliphatic carbocycles. The molecule has 2 aromatic heterocycles. The van der Waals surface area contributed by atoms with Gasteiger partial charge in [-0.05, 0) is 41.1 Å². The fraction of sp³-hybridized carbons (Fsp3) is 0.0625. The maximum absolute atomic E-state index is 12.0. The largest absolute Gasteiger partial charge is 0.289 e. The number of nitrogens with zero attached hydrogens (tertiary/aromatic N) is 2. The molecule has 0 radical (unpaired) electrons. The maximum Gasteiger partial charge on any atom is 0.289 e. The molecule has 116 valence electrons. The molecule has 23 heavy (non-hydrogen) atoms. The number of carbonyl (C=O) groups excluding carboxylic acids is 1. The number of hydrazone groups is 1. The Morgan fingerprint density at radius 2 is 2.09 bits per heavy atom. The van der Waals surface area contributed by atoms with Crippen LogP contribution < -0.4 is 5.43 Å². The van der Waals surface area contributed by atoms with E-state index < -0.39 is 0 Å². The van der Waals surface area contributed by atoms with Crippen molar-refractivity contribution >= 4 is 39.4 Å². The van der Waals surface area contributed by atoms with Crippen molar-refractivity contribution < 1.29 is 4.79 Å². The number of aryl methyl sites for hydroxylation is 1. The summed E-state index contributed by atoms with van der Waals surface area (Å²) in [6.45, 7) is 2.03. The highest BCUT2D eigenvalue weighted by atomic mass is 79.9. The standard InChI is InChI=1S/C16H13BrN4OS/c1-10-2-4-11(5-3-10)13-8-14(20-19-13)16(22)21-18-9-12-6-7-15(17)23-12/h2-9H,1H3,(H,19,20)(H,21,22). The minimum atomic E-state index is -0.331. The van der Waals surface area contributed by atoms with E-state index in [4.69, 9.17) is 0 Å². The Kier molecular flexibility index (Phi) is 4.68. The molecule has 0 saturated heterocycles. The molecule has 5 nitrogen and oxygen atoms in total. The minimum absolute atomic E-state index is 0.331. The Labute approximate surface area is 145 Å². The van der Waals surface area contributed by atoms with Gasteiger partial charge in [-0.3, -0.25) is 9.89 Å². The van der Waals surface area contributed by atoms with Crippen LogP contribution in [0.5, 0.6) is 0 Å². The number of hydrogen-bond acceptors (Lipinski definition) is 4. The minimum Gasteiger partial charge on any atom is -0.272 e. The molecule has 1 amide bonds. The summed E-state index contributed by atoms with van der Waals surface area (Å²) in [6.07, 6.45) is 1.60. The van der Waals surface area contributed by atoms with Gasteiger partial charge >= 0.3 is 0 Å². The number of nitrogens with one attached hydrogen (secondary N) is 2. The van der Waals surface area contributed by atoms with Gasteiger partial charge in [0.05, 0.1) is 15.7 Å². The van der Waals surface area contributed by atoms with E-state index in [2.05, 4.69) is 36.7 Å². The zero-order valence-corrected chi connectivity index (χ0v) is 14.6. The summed E-state index contributed by atoms with van der Waals surface area (Å²) in [5.41, 5.74) is 5.70. The lowest BCUT2D eigenvalue weighted by Crippen LogP contribution is -2.17. The van der Waals surface area contributed by atoms with Crippen LogP contribution in [-0.4, -0.2) is 22.3 Å². The zero-order chi connectivity index (χ0) is 16.2. The third-order valence-electron chi connectivity index (χ3n) is 3.12. The first-order valence-corrected chi connectivity index (χ1v) is 8.44. The van der Waals surface area contributed by atoms with Gasteiger partial charge in [-0.2, -0.15) is 10.2 Å². The molecule has 3 rings (SSSR count). The molecular formula is C16H13BrN4OS. The molecule has 0 bridgehead atoms. The average molecular weight is 389 g/mol. The first-order valence-electron chi connectivity index (χ1n) is 6.83. The first kappa shape index (κ1) is 15.6. The lowest BCUT2D eigenvalue weighted by molar-refractivity contribution is 0.0950. The van der Waals surface area contributed by atoms with E-state index >= 15 is 0 Å². The van der Waals surface area contributed by atoms with Gasteiger partial charge < -0.3 is 0 Å². The maximum atomic E-state index is 12.0. The molecule has 3 aromatic rings.